The minimum atomic E-state index is -0.416. The first-order chi connectivity index (χ1) is 15.5. The molecule has 2 amide bonds. The number of imide groups is 1. The molecule has 5 rings (SSSR count). The first kappa shape index (κ1) is 20.2. The largest absolute Gasteiger partial charge is 0.336 e. The van der Waals surface area contributed by atoms with E-state index in [9.17, 15) is 14.0 Å². The molecule has 0 aliphatic carbocycles. The highest BCUT2D eigenvalue weighted by Gasteiger charge is 2.44. The molecular weight excluding hydrogens is 403 g/mol. The number of halogens is 1. The van der Waals surface area contributed by atoms with Crippen LogP contribution in [-0.4, -0.2) is 18.4 Å². The molecule has 0 spiro atoms. The number of nitrogens with zero attached hydrogens (tertiary/aromatic N) is 2. The predicted molar refractivity (Wildman–Crippen MR) is 124 cm³/mol. The summed E-state index contributed by atoms with van der Waals surface area (Å²) in [7, 11) is 0. The minimum Gasteiger partial charge on any atom is -0.336 e. The van der Waals surface area contributed by atoms with Crippen molar-refractivity contribution in [2.75, 3.05) is 16.3 Å². The molecule has 3 aromatic carbocycles. The molecule has 2 aliphatic heterocycles. The van der Waals surface area contributed by atoms with Crippen LogP contribution in [-0.2, 0) is 16.0 Å². The normalized spacial score (nSPS) is 16.1. The molecule has 0 aromatic heterocycles. The lowest BCUT2D eigenvalue weighted by atomic mass is 9.95. The van der Waals surface area contributed by atoms with E-state index in [2.05, 4.69) is 6.07 Å². The van der Waals surface area contributed by atoms with Crippen LogP contribution in [0.2, 0.25) is 0 Å². The lowest BCUT2D eigenvalue weighted by Gasteiger charge is -2.32. The second kappa shape index (κ2) is 7.75. The molecule has 0 saturated heterocycles. The smallest absolute Gasteiger partial charge is 0.282 e. The van der Waals surface area contributed by atoms with Gasteiger partial charge in [-0.15, -0.1) is 0 Å². The number of rotatable bonds is 3. The Bertz CT molecular complexity index is 1280. The van der Waals surface area contributed by atoms with Crippen LogP contribution < -0.4 is 9.80 Å². The summed E-state index contributed by atoms with van der Waals surface area (Å²) in [5.74, 6) is -1.18. The average Bonchev–Trinajstić information content (AvgIpc) is 3.04. The Hall–Kier alpha value is -3.73. The maximum atomic E-state index is 13.8. The van der Waals surface area contributed by atoms with Crippen molar-refractivity contribution in [3.8, 4) is 0 Å². The number of carbonyl (C=O) groups is 2. The van der Waals surface area contributed by atoms with E-state index in [0.717, 1.165) is 40.8 Å². The number of amides is 2. The van der Waals surface area contributed by atoms with Gasteiger partial charge in [-0.25, -0.2) is 9.29 Å². The van der Waals surface area contributed by atoms with Gasteiger partial charge in [0.25, 0.3) is 11.8 Å². The van der Waals surface area contributed by atoms with Crippen molar-refractivity contribution < 1.29 is 14.0 Å². The number of carbonyl (C=O) groups excluding carboxylic acids is 2. The fourth-order valence-corrected chi connectivity index (χ4v) is 4.70. The zero-order valence-corrected chi connectivity index (χ0v) is 18.1. The standard InChI is InChI=1S/C27H23FN2O2/c1-17-9-14-22(18(2)16-17)24-25(29-15-5-7-19-6-3-4-8-23(19)29)27(32)30(26(24)31)21-12-10-20(28)11-13-21/h3-4,6,8-14,16H,5,7,15H2,1-2H3. The Balaban J connectivity index is 1.72. The molecular formula is C27H23FN2O2. The molecule has 0 bridgehead atoms. The van der Waals surface area contributed by atoms with Gasteiger partial charge in [-0.3, -0.25) is 9.59 Å². The number of benzene rings is 3. The zero-order valence-electron chi connectivity index (χ0n) is 18.1. The van der Waals surface area contributed by atoms with Gasteiger partial charge in [0.1, 0.15) is 11.5 Å². The van der Waals surface area contributed by atoms with Gasteiger partial charge < -0.3 is 4.90 Å². The molecule has 32 heavy (non-hydrogen) atoms. The topological polar surface area (TPSA) is 40.6 Å². The van der Waals surface area contributed by atoms with Gasteiger partial charge in [-0.05, 0) is 73.7 Å². The summed E-state index contributed by atoms with van der Waals surface area (Å²) in [5, 5.41) is 0. The lowest BCUT2D eigenvalue weighted by molar-refractivity contribution is -0.120. The number of hydrogen-bond donors (Lipinski definition) is 0. The highest BCUT2D eigenvalue weighted by Crippen LogP contribution is 2.40. The van der Waals surface area contributed by atoms with Crippen LogP contribution in [0, 0.1) is 19.7 Å². The Morgan fingerprint density at radius 1 is 0.875 bits per heavy atom. The van der Waals surface area contributed by atoms with Gasteiger partial charge >= 0.3 is 0 Å². The van der Waals surface area contributed by atoms with Crippen molar-refractivity contribution >= 4 is 28.8 Å². The highest BCUT2D eigenvalue weighted by molar-refractivity contribution is 6.46. The monoisotopic (exact) mass is 426 g/mol. The van der Waals surface area contributed by atoms with Crippen LogP contribution in [0.25, 0.3) is 5.57 Å². The third kappa shape index (κ3) is 3.21. The summed E-state index contributed by atoms with van der Waals surface area (Å²) in [4.78, 5) is 30.7. The Morgan fingerprint density at radius 3 is 2.38 bits per heavy atom. The zero-order chi connectivity index (χ0) is 22.4. The number of fused-ring (bicyclic) bond motifs is 1. The maximum Gasteiger partial charge on any atom is 0.282 e. The van der Waals surface area contributed by atoms with Crippen molar-refractivity contribution in [2.24, 2.45) is 0 Å². The lowest BCUT2D eigenvalue weighted by Crippen LogP contribution is -2.37. The quantitative estimate of drug-likeness (QED) is 0.542. The maximum absolute atomic E-state index is 13.8. The first-order valence-electron chi connectivity index (χ1n) is 10.8. The summed E-state index contributed by atoms with van der Waals surface area (Å²) < 4.78 is 13.5. The third-order valence-electron chi connectivity index (χ3n) is 6.18. The van der Waals surface area contributed by atoms with Crippen molar-refractivity contribution in [3.05, 3.63) is 100 Å². The molecule has 0 unspecified atom stereocenters. The van der Waals surface area contributed by atoms with E-state index in [0.29, 0.717) is 23.5 Å². The van der Waals surface area contributed by atoms with E-state index in [1.165, 1.54) is 29.2 Å². The van der Waals surface area contributed by atoms with Gasteiger partial charge in [0.15, 0.2) is 0 Å². The summed E-state index contributed by atoms with van der Waals surface area (Å²) in [6.45, 7) is 4.60. The van der Waals surface area contributed by atoms with Gasteiger partial charge in [0.05, 0.1) is 11.3 Å². The van der Waals surface area contributed by atoms with Gasteiger partial charge in [0, 0.05) is 12.2 Å². The molecule has 0 radical (unpaired) electrons. The SMILES string of the molecule is Cc1ccc(C2=C(N3CCCc4ccccc43)C(=O)N(c3ccc(F)cc3)C2=O)c(C)c1. The fraction of sp³-hybridized carbons (Fsp3) is 0.185. The molecule has 0 N–H and O–H groups in total. The van der Waals surface area contributed by atoms with E-state index >= 15 is 0 Å². The first-order valence-corrected chi connectivity index (χ1v) is 10.8. The van der Waals surface area contributed by atoms with E-state index < -0.39 is 5.82 Å². The predicted octanol–water partition coefficient (Wildman–Crippen LogP) is 5.18. The molecule has 4 nitrogen and oxygen atoms in total. The van der Waals surface area contributed by atoms with Gasteiger partial charge in [-0.1, -0.05) is 42.0 Å². The van der Waals surface area contributed by atoms with Crippen LogP contribution in [0.5, 0.6) is 0 Å². The van der Waals surface area contributed by atoms with Crippen LogP contribution in [0.4, 0.5) is 15.8 Å². The summed E-state index contributed by atoms with van der Waals surface area (Å²) in [6, 6.07) is 19.4. The minimum absolute atomic E-state index is 0.365. The molecule has 2 aliphatic rings. The number of para-hydroxylation sites is 1. The van der Waals surface area contributed by atoms with E-state index in [1.54, 1.807) is 0 Å². The summed E-state index contributed by atoms with van der Waals surface area (Å²) in [5.41, 5.74) is 6.03. The van der Waals surface area contributed by atoms with Crippen LogP contribution in [0.1, 0.15) is 28.7 Å². The fourth-order valence-electron chi connectivity index (χ4n) is 4.70. The number of hydrogen-bond acceptors (Lipinski definition) is 3. The highest BCUT2D eigenvalue weighted by atomic mass is 19.1. The third-order valence-corrected chi connectivity index (χ3v) is 6.18. The molecule has 0 saturated carbocycles. The van der Waals surface area contributed by atoms with Crippen molar-refractivity contribution in [1.82, 2.24) is 0 Å². The summed E-state index contributed by atoms with van der Waals surface area (Å²) in [6.07, 6.45) is 1.82. The van der Waals surface area contributed by atoms with E-state index in [1.807, 2.05) is 55.1 Å². The van der Waals surface area contributed by atoms with Crippen molar-refractivity contribution in [3.63, 3.8) is 0 Å². The number of aryl methyl sites for hydroxylation is 3. The Labute approximate surface area is 186 Å². The van der Waals surface area contributed by atoms with E-state index in [-0.39, 0.29) is 11.8 Å². The van der Waals surface area contributed by atoms with E-state index in [4.69, 9.17) is 0 Å². The molecule has 0 atom stereocenters. The molecule has 3 aromatic rings. The van der Waals surface area contributed by atoms with Gasteiger partial charge in [-0.2, -0.15) is 0 Å². The summed E-state index contributed by atoms with van der Waals surface area (Å²) >= 11 is 0. The van der Waals surface area contributed by atoms with Crippen molar-refractivity contribution in [2.45, 2.75) is 26.7 Å². The molecule has 5 heteroatoms. The van der Waals surface area contributed by atoms with Crippen LogP contribution >= 0.6 is 0 Å². The molecule has 2 heterocycles. The van der Waals surface area contributed by atoms with Crippen molar-refractivity contribution in [1.29, 1.82) is 0 Å². The molecule has 160 valence electrons. The second-order valence-electron chi connectivity index (χ2n) is 8.35. The van der Waals surface area contributed by atoms with Crippen LogP contribution in [0.3, 0.4) is 0 Å². The number of anilines is 2. The van der Waals surface area contributed by atoms with Gasteiger partial charge in [0.2, 0.25) is 0 Å². The Kier molecular flexibility index (Phi) is 4.89. The second-order valence-corrected chi connectivity index (χ2v) is 8.35. The Morgan fingerprint density at radius 2 is 1.62 bits per heavy atom. The van der Waals surface area contributed by atoms with Crippen LogP contribution in [0.15, 0.2) is 72.4 Å². The average molecular weight is 426 g/mol. The molecule has 0 fully saturated rings.